The van der Waals surface area contributed by atoms with Crippen LogP contribution >= 0.6 is 7.82 Å². The molecule has 0 aromatic heterocycles. The third kappa shape index (κ3) is 3.20. The number of aliphatic hydroxyl groups excluding tert-OH is 3. The van der Waals surface area contributed by atoms with Crippen LogP contribution < -0.4 is 5.73 Å². The Hall–Kier alpha value is -0.0900. The largest absolute Gasteiger partial charge is 0.471 e. The molecule has 0 aliphatic carbocycles. The molecule has 9 nitrogen and oxygen atoms in total. The van der Waals surface area contributed by atoms with Crippen molar-refractivity contribution in [1.82, 2.24) is 0 Å². The van der Waals surface area contributed by atoms with Crippen LogP contribution in [0.15, 0.2) is 0 Å². The predicted octanol–water partition coefficient (Wildman–Crippen LogP) is -3.14. The lowest BCUT2D eigenvalue weighted by molar-refractivity contribution is -0.242. The molecule has 1 aliphatic heterocycles. The topological polar surface area (TPSA) is 163 Å². The summed E-state index contributed by atoms with van der Waals surface area (Å²) in [6.07, 6.45) is -5.78. The molecule has 1 aliphatic rings. The van der Waals surface area contributed by atoms with Crippen LogP contribution in [0.4, 0.5) is 0 Å². The summed E-state index contributed by atoms with van der Waals surface area (Å²) in [5.74, 6) is 0. The molecule has 1 rings (SSSR count). The SMILES string of the molecule is N[C@H]1[C@@H](OP(=O)(O)O)O[C@H](CO)[C@@H](O)[C@H]1O. The molecule has 0 radical (unpaired) electrons. The molecule has 0 bridgehead atoms. The molecule has 1 saturated heterocycles. The van der Waals surface area contributed by atoms with E-state index < -0.39 is 45.1 Å². The second-order valence-corrected chi connectivity index (χ2v) is 4.57. The van der Waals surface area contributed by atoms with E-state index in [1.807, 2.05) is 0 Å². The lowest BCUT2D eigenvalue weighted by Crippen LogP contribution is -2.62. The van der Waals surface area contributed by atoms with Gasteiger partial charge in [-0.15, -0.1) is 0 Å². The normalized spacial score (nSPS) is 41.0. The van der Waals surface area contributed by atoms with Gasteiger partial charge in [0.1, 0.15) is 18.3 Å². The molecule has 0 aromatic carbocycles. The van der Waals surface area contributed by atoms with Gasteiger partial charge in [-0.2, -0.15) is 0 Å². The van der Waals surface area contributed by atoms with Crippen molar-refractivity contribution in [2.45, 2.75) is 30.6 Å². The standard InChI is InChI=1S/C6H14NO8P/c7-3-5(10)4(9)2(1-8)14-6(3)15-16(11,12)13/h2-6,8-10H,1,7H2,(H2,11,12,13)/t2-,3-,4-,5+,6-/m1/s1. The Kier molecular flexibility index (Phi) is 4.41. The number of nitrogens with two attached hydrogens (primary N) is 1. The van der Waals surface area contributed by atoms with Crippen LogP contribution in [0.5, 0.6) is 0 Å². The van der Waals surface area contributed by atoms with Crippen molar-refractivity contribution in [2.24, 2.45) is 5.73 Å². The number of aliphatic hydroxyl groups is 3. The maximum atomic E-state index is 10.6. The van der Waals surface area contributed by atoms with Gasteiger partial charge in [0.25, 0.3) is 0 Å². The molecular weight excluding hydrogens is 245 g/mol. The van der Waals surface area contributed by atoms with Gasteiger partial charge in [0, 0.05) is 0 Å². The molecular formula is C6H14NO8P. The second-order valence-electron chi connectivity index (χ2n) is 3.38. The number of hydrogen-bond donors (Lipinski definition) is 6. The first-order valence-electron chi connectivity index (χ1n) is 4.38. The first kappa shape index (κ1) is 14.0. The molecule has 1 heterocycles. The minimum absolute atomic E-state index is 0.647. The molecule has 0 saturated carbocycles. The van der Waals surface area contributed by atoms with Crippen LogP contribution in [0.1, 0.15) is 0 Å². The third-order valence-electron chi connectivity index (χ3n) is 2.17. The Balaban J connectivity index is 2.75. The number of ether oxygens (including phenoxy) is 1. The highest BCUT2D eigenvalue weighted by molar-refractivity contribution is 7.46. The Morgan fingerprint density at radius 2 is 1.88 bits per heavy atom. The zero-order chi connectivity index (χ0) is 12.5. The van der Waals surface area contributed by atoms with Crippen molar-refractivity contribution in [3.8, 4) is 0 Å². The van der Waals surface area contributed by atoms with Gasteiger partial charge in [-0.3, -0.25) is 4.52 Å². The minimum Gasteiger partial charge on any atom is -0.394 e. The highest BCUT2D eigenvalue weighted by atomic mass is 31.2. The Bertz CT molecular complexity index is 280. The maximum Gasteiger partial charge on any atom is 0.471 e. The van der Waals surface area contributed by atoms with E-state index in [0.717, 1.165) is 0 Å². The lowest BCUT2D eigenvalue weighted by Gasteiger charge is -2.40. The molecule has 1 fully saturated rings. The molecule has 0 aromatic rings. The van der Waals surface area contributed by atoms with Gasteiger partial charge in [-0.05, 0) is 0 Å². The van der Waals surface area contributed by atoms with Crippen LogP contribution in [-0.4, -0.2) is 62.4 Å². The zero-order valence-corrected chi connectivity index (χ0v) is 8.97. The van der Waals surface area contributed by atoms with Gasteiger partial charge in [-0.25, -0.2) is 4.57 Å². The maximum absolute atomic E-state index is 10.6. The van der Waals surface area contributed by atoms with Crippen LogP contribution in [0.3, 0.4) is 0 Å². The molecule has 0 unspecified atom stereocenters. The smallest absolute Gasteiger partial charge is 0.394 e. The van der Waals surface area contributed by atoms with Crippen molar-refractivity contribution in [3.05, 3.63) is 0 Å². The van der Waals surface area contributed by atoms with E-state index in [9.17, 15) is 14.8 Å². The van der Waals surface area contributed by atoms with Gasteiger partial charge < -0.3 is 35.6 Å². The fraction of sp³-hybridized carbons (Fsp3) is 1.00. The second kappa shape index (κ2) is 5.05. The number of hydrogen-bond acceptors (Lipinski definition) is 7. The van der Waals surface area contributed by atoms with E-state index in [4.69, 9.17) is 25.4 Å². The lowest BCUT2D eigenvalue weighted by atomic mass is 9.98. The number of rotatable bonds is 3. The fourth-order valence-electron chi connectivity index (χ4n) is 1.33. The molecule has 10 heteroatoms. The first-order valence-corrected chi connectivity index (χ1v) is 5.91. The molecule has 96 valence electrons. The van der Waals surface area contributed by atoms with E-state index in [1.54, 1.807) is 0 Å². The first-order chi connectivity index (χ1) is 7.26. The van der Waals surface area contributed by atoms with Crippen molar-refractivity contribution < 1.29 is 38.9 Å². The summed E-state index contributed by atoms with van der Waals surface area (Å²) < 4.78 is 19.5. The van der Waals surface area contributed by atoms with Crippen LogP contribution in [0.2, 0.25) is 0 Å². The van der Waals surface area contributed by atoms with E-state index in [1.165, 1.54) is 0 Å². The summed E-state index contributed by atoms with van der Waals surface area (Å²) in [5.41, 5.74) is 5.35. The highest BCUT2D eigenvalue weighted by Crippen LogP contribution is 2.40. The van der Waals surface area contributed by atoms with E-state index in [2.05, 4.69) is 4.52 Å². The average Bonchev–Trinajstić information content (AvgIpc) is 2.17. The summed E-state index contributed by atoms with van der Waals surface area (Å²) >= 11 is 0. The van der Waals surface area contributed by atoms with Gasteiger partial charge in [0.2, 0.25) is 0 Å². The van der Waals surface area contributed by atoms with Crippen LogP contribution in [-0.2, 0) is 13.8 Å². The summed E-state index contributed by atoms with van der Waals surface area (Å²) in [6.45, 7) is -0.647. The van der Waals surface area contributed by atoms with Gasteiger partial charge in [0.05, 0.1) is 12.6 Å². The van der Waals surface area contributed by atoms with E-state index >= 15 is 0 Å². The highest BCUT2D eigenvalue weighted by Gasteiger charge is 2.45. The average molecular weight is 259 g/mol. The molecule has 16 heavy (non-hydrogen) atoms. The number of phosphoric ester groups is 1. The molecule has 0 spiro atoms. The molecule has 5 atom stereocenters. The zero-order valence-electron chi connectivity index (χ0n) is 8.08. The Morgan fingerprint density at radius 3 is 2.31 bits per heavy atom. The van der Waals surface area contributed by atoms with Crippen molar-refractivity contribution in [3.63, 3.8) is 0 Å². The van der Waals surface area contributed by atoms with Gasteiger partial charge in [-0.1, -0.05) is 0 Å². The van der Waals surface area contributed by atoms with Crippen molar-refractivity contribution in [1.29, 1.82) is 0 Å². The predicted molar refractivity (Wildman–Crippen MR) is 48.9 cm³/mol. The Labute approximate surface area is 90.6 Å². The van der Waals surface area contributed by atoms with Gasteiger partial charge >= 0.3 is 7.82 Å². The molecule has 7 N–H and O–H groups in total. The third-order valence-corrected chi connectivity index (χ3v) is 2.65. The summed E-state index contributed by atoms with van der Waals surface area (Å²) in [6, 6.07) is -1.33. The quantitative estimate of drug-likeness (QED) is 0.287. The minimum atomic E-state index is -4.83. The summed E-state index contributed by atoms with van der Waals surface area (Å²) in [7, 11) is -4.83. The molecule has 0 amide bonds. The van der Waals surface area contributed by atoms with Crippen LogP contribution in [0.25, 0.3) is 0 Å². The van der Waals surface area contributed by atoms with Crippen LogP contribution in [0, 0.1) is 0 Å². The number of phosphoric acid groups is 1. The monoisotopic (exact) mass is 259 g/mol. The van der Waals surface area contributed by atoms with E-state index in [-0.39, 0.29) is 0 Å². The Morgan fingerprint density at radius 1 is 1.31 bits per heavy atom. The summed E-state index contributed by atoms with van der Waals surface area (Å²) in [5, 5.41) is 27.6. The fourth-order valence-corrected chi connectivity index (χ4v) is 1.79. The van der Waals surface area contributed by atoms with E-state index in [0.29, 0.717) is 0 Å². The summed E-state index contributed by atoms with van der Waals surface area (Å²) in [4.78, 5) is 17.1. The van der Waals surface area contributed by atoms with Gasteiger partial charge in [0.15, 0.2) is 6.29 Å². The van der Waals surface area contributed by atoms with Crippen molar-refractivity contribution >= 4 is 7.82 Å². The van der Waals surface area contributed by atoms with Crippen molar-refractivity contribution in [2.75, 3.05) is 6.61 Å².